The molecule has 0 bridgehead atoms. The van der Waals surface area contributed by atoms with Crippen molar-refractivity contribution >= 4 is 22.7 Å². The number of rotatable bonds is 8. The Bertz CT molecular complexity index is 1860. The molecule has 3 aromatic carbocycles. The molecule has 6 rings (SSSR count). The number of H-pyrrole nitrogens is 1. The Kier molecular flexibility index (Phi) is 8.10. The fourth-order valence-corrected chi connectivity index (χ4v) is 5.10. The van der Waals surface area contributed by atoms with Crippen molar-refractivity contribution in [3.8, 4) is 34.4 Å². The first-order chi connectivity index (χ1) is 21.4. The number of aromatic amines is 1. The molecule has 0 aliphatic carbocycles. The lowest BCUT2D eigenvalue weighted by Gasteiger charge is -2.22. The zero-order chi connectivity index (χ0) is 30.6. The van der Waals surface area contributed by atoms with Crippen molar-refractivity contribution in [2.24, 2.45) is 10.9 Å². The average Bonchev–Trinajstić information content (AvgIpc) is 3.46. The number of ether oxygens (including phenoxy) is 3. The summed E-state index contributed by atoms with van der Waals surface area (Å²) >= 11 is 0. The SMILES string of the molecule is CC(C)Oc1ccc(-c2c[nH]c3nccc(Oc4c(F)cc(NC5=NCC(Cc6ccccc6)CO5)cc4F)c23)cc1C#N. The molecule has 0 amide bonds. The van der Waals surface area contributed by atoms with Gasteiger partial charge in [-0.3, -0.25) is 0 Å². The standard InChI is InChI=1S/C34H29F2N5O3/c1-20(2)43-29-9-8-23(13-24(29)16-37)26-18-39-33-31(26)30(10-11-38-33)44-32-27(35)14-25(15-28(32)36)41-34-40-17-22(19-42-34)12-21-6-4-3-5-7-21/h3-11,13-15,18,20,22H,12,17,19H2,1-2H3,(H,38,39)(H,40,41). The molecule has 1 atom stereocenters. The zero-order valence-electron chi connectivity index (χ0n) is 24.1. The van der Waals surface area contributed by atoms with Crippen molar-refractivity contribution in [3.05, 3.63) is 102 Å². The summed E-state index contributed by atoms with van der Waals surface area (Å²) in [7, 11) is 0. The van der Waals surface area contributed by atoms with Crippen LogP contribution in [0.4, 0.5) is 14.5 Å². The van der Waals surface area contributed by atoms with Crippen LogP contribution in [0.1, 0.15) is 25.0 Å². The minimum atomic E-state index is -0.908. The van der Waals surface area contributed by atoms with Crippen LogP contribution < -0.4 is 14.8 Å². The van der Waals surface area contributed by atoms with E-state index in [1.807, 2.05) is 32.0 Å². The number of hydrogen-bond donors (Lipinski definition) is 2. The van der Waals surface area contributed by atoms with Crippen molar-refractivity contribution in [2.45, 2.75) is 26.4 Å². The van der Waals surface area contributed by atoms with Gasteiger partial charge in [0.1, 0.15) is 23.2 Å². The first-order valence-electron chi connectivity index (χ1n) is 14.2. The van der Waals surface area contributed by atoms with Crippen molar-refractivity contribution < 1.29 is 23.0 Å². The first kappa shape index (κ1) is 28.7. The van der Waals surface area contributed by atoms with Crippen LogP contribution >= 0.6 is 0 Å². The van der Waals surface area contributed by atoms with E-state index < -0.39 is 17.4 Å². The van der Waals surface area contributed by atoms with Gasteiger partial charge in [0.05, 0.1) is 30.2 Å². The molecule has 10 heteroatoms. The maximum absolute atomic E-state index is 15.3. The predicted molar refractivity (Wildman–Crippen MR) is 164 cm³/mol. The Hall–Kier alpha value is -5.43. The number of nitrogens with one attached hydrogen (secondary N) is 2. The van der Waals surface area contributed by atoms with Crippen LogP contribution in [0.15, 0.2) is 84.1 Å². The van der Waals surface area contributed by atoms with Crippen LogP contribution in [0.5, 0.6) is 17.2 Å². The summed E-state index contributed by atoms with van der Waals surface area (Å²) in [6.07, 6.45) is 3.92. The monoisotopic (exact) mass is 593 g/mol. The number of benzene rings is 3. The zero-order valence-corrected chi connectivity index (χ0v) is 24.1. The van der Waals surface area contributed by atoms with E-state index in [4.69, 9.17) is 14.2 Å². The number of hydrogen-bond acceptors (Lipinski definition) is 7. The quantitative estimate of drug-likeness (QED) is 0.192. The van der Waals surface area contributed by atoms with Crippen molar-refractivity contribution in [2.75, 3.05) is 18.5 Å². The predicted octanol–water partition coefficient (Wildman–Crippen LogP) is 7.62. The smallest absolute Gasteiger partial charge is 0.289 e. The number of aliphatic imine (C=N–C) groups is 1. The van der Waals surface area contributed by atoms with Gasteiger partial charge in [0.25, 0.3) is 6.02 Å². The molecule has 0 radical (unpaired) electrons. The maximum Gasteiger partial charge on any atom is 0.289 e. The van der Waals surface area contributed by atoms with E-state index in [1.165, 1.54) is 17.8 Å². The topological polar surface area (TPSA) is 105 Å². The van der Waals surface area contributed by atoms with E-state index in [9.17, 15) is 5.26 Å². The highest BCUT2D eigenvalue weighted by Crippen LogP contribution is 2.39. The van der Waals surface area contributed by atoms with Gasteiger partial charge in [0, 0.05) is 41.7 Å². The highest BCUT2D eigenvalue weighted by Gasteiger charge is 2.21. The number of aromatic nitrogens is 2. The van der Waals surface area contributed by atoms with E-state index in [2.05, 4.69) is 38.5 Å². The average molecular weight is 594 g/mol. The lowest BCUT2D eigenvalue weighted by molar-refractivity contribution is 0.219. The number of anilines is 1. The summed E-state index contributed by atoms with van der Waals surface area (Å²) in [5.41, 5.74) is 3.48. The molecule has 44 heavy (non-hydrogen) atoms. The van der Waals surface area contributed by atoms with Gasteiger partial charge in [-0.15, -0.1) is 0 Å². The largest absolute Gasteiger partial charge is 0.490 e. The third kappa shape index (κ3) is 6.17. The molecule has 8 nitrogen and oxygen atoms in total. The highest BCUT2D eigenvalue weighted by molar-refractivity contribution is 5.98. The van der Waals surface area contributed by atoms with Gasteiger partial charge in [-0.2, -0.15) is 5.26 Å². The van der Waals surface area contributed by atoms with Gasteiger partial charge in [0.2, 0.25) is 0 Å². The number of nitriles is 1. The summed E-state index contributed by atoms with van der Waals surface area (Å²) < 4.78 is 47.9. The fraction of sp³-hybridized carbons (Fsp3) is 0.206. The van der Waals surface area contributed by atoms with Crippen molar-refractivity contribution in [3.63, 3.8) is 0 Å². The molecule has 3 heterocycles. The van der Waals surface area contributed by atoms with Crippen LogP contribution in [0.25, 0.3) is 22.2 Å². The van der Waals surface area contributed by atoms with E-state index in [-0.39, 0.29) is 29.5 Å². The molecular weight excluding hydrogens is 564 g/mol. The summed E-state index contributed by atoms with van der Waals surface area (Å²) in [4.78, 5) is 11.8. The molecule has 2 aromatic heterocycles. The molecule has 1 aliphatic heterocycles. The second-order valence-corrected chi connectivity index (χ2v) is 10.7. The van der Waals surface area contributed by atoms with Gasteiger partial charge < -0.3 is 24.5 Å². The normalized spacial score (nSPS) is 14.5. The van der Waals surface area contributed by atoms with E-state index in [0.717, 1.165) is 18.6 Å². The van der Waals surface area contributed by atoms with Gasteiger partial charge in [-0.1, -0.05) is 36.4 Å². The third-order valence-electron chi connectivity index (χ3n) is 7.09. The number of nitrogens with zero attached hydrogens (tertiary/aromatic N) is 3. The summed E-state index contributed by atoms with van der Waals surface area (Å²) in [6, 6.07) is 21.5. The molecule has 0 fully saturated rings. The molecule has 2 N–H and O–H groups in total. The molecule has 0 saturated carbocycles. The molecule has 1 aliphatic rings. The Labute approximate surface area is 253 Å². The summed E-state index contributed by atoms with van der Waals surface area (Å²) in [5.74, 6) is -1.52. The minimum absolute atomic E-state index is 0.0999. The molecule has 0 saturated heterocycles. The van der Waals surface area contributed by atoms with Gasteiger partial charge in [-0.25, -0.2) is 18.8 Å². The number of halogens is 2. The second-order valence-electron chi connectivity index (χ2n) is 10.7. The Morgan fingerprint density at radius 3 is 2.57 bits per heavy atom. The van der Waals surface area contributed by atoms with Crippen molar-refractivity contribution in [1.29, 1.82) is 5.26 Å². The molecular formula is C34H29F2N5O3. The first-order valence-corrected chi connectivity index (χ1v) is 14.2. The highest BCUT2D eigenvalue weighted by atomic mass is 19.1. The molecule has 5 aromatic rings. The van der Waals surface area contributed by atoms with Gasteiger partial charge in [-0.05, 0) is 49.6 Å². The van der Waals surface area contributed by atoms with E-state index >= 15 is 8.78 Å². The third-order valence-corrected chi connectivity index (χ3v) is 7.09. The van der Waals surface area contributed by atoms with Crippen LogP contribution in [-0.4, -0.2) is 35.2 Å². The van der Waals surface area contributed by atoms with Crippen molar-refractivity contribution in [1.82, 2.24) is 9.97 Å². The van der Waals surface area contributed by atoms with E-state index in [1.54, 1.807) is 24.4 Å². The summed E-state index contributed by atoms with van der Waals surface area (Å²) in [6.45, 7) is 4.73. The van der Waals surface area contributed by atoms with Gasteiger partial charge in [0.15, 0.2) is 17.4 Å². The maximum atomic E-state index is 15.3. The number of pyridine rings is 1. The van der Waals surface area contributed by atoms with Gasteiger partial charge >= 0.3 is 0 Å². The Balaban J connectivity index is 1.22. The Morgan fingerprint density at radius 1 is 1.07 bits per heavy atom. The summed E-state index contributed by atoms with van der Waals surface area (Å²) in [5, 5.41) is 13.1. The van der Waals surface area contributed by atoms with Crippen LogP contribution in [0.3, 0.4) is 0 Å². The van der Waals surface area contributed by atoms with E-state index in [0.29, 0.717) is 46.6 Å². The fourth-order valence-electron chi connectivity index (χ4n) is 5.10. The molecule has 0 spiro atoms. The molecule has 1 unspecified atom stereocenters. The van der Waals surface area contributed by atoms with Crippen LogP contribution in [0.2, 0.25) is 0 Å². The second kappa shape index (κ2) is 12.4. The number of amidine groups is 1. The lowest BCUT2D eigenvalue weighted by atomic mass is 10.00. The van der Waals surface area contributed by atoms with Crippen LogP contribution in [-0.2, 0) is 11.2 Å². The Morgan fingerprint density at radius 2 is 1.86 bits per heavy atom. The molecule has 222 valence electrons. The lowest BCUT2D eigenvalue weighted by Crippen LogP contribution is -2.29. The van der Waals surface area contributed by atoms with Crippen LogP contribution in [0, 0.1) is 28.9 Å². The number of fused-ring (bicyclic) bond motifs is 1. The minimum Gasteiger partial charge on any atom is -0.490 e.